The third-order valence-electron chi connectivity index (χ3n) is 9.70. The molecule has 0 spiro atoms. The number of unbranched alkanes of at least 4 members (excludes halogenated alkanes) is 5. The second kappa shape index (κ2) is 28.9. The van der Waals surface area contributed by atoms with Gasteiger partial charge in [0.25, 0.3) is 0 Å². The molecule has 0 saturated carbocycles. The molecule has 0 bridgehead atoms. The Kier molecular flexibility index (Phi) is 24.8. The first kappa shape index (κ1) is 48.9. The molecule has 2 aliphatic rings. The molecule has 2 saturated heterocycles. The lowest BCUT2D eigenvalue weighted by Crippen LogP contribution is -2.64. The Balaban J connectivity index is 2.00. The third kappa shape index (κ3) is 16.6. The number of esters is 2. The van der Waals surface area contributed by atoms with E-state index in [-0.39, 0.29) is 19.8 Å². The highest BCUT2D eigenvalue weighted by atomic mass is 16.8. The number of ether oxygens (including phenoxy) is 11. The lowest BCUT2D eigenvalue weighted by molar-refractivity contribution is -0.341. The fourth-order valence-electron chi connectivity index (χ4n) is 6.54. The Morgan fingerprint density at radius 3 is 1.53 bits per heavy atom. The highest BCUT2D eigenvalue weighted by Crippen LogP contribution is 2.34. The van der Waals surface area contributed by atoms with E-state index in [1.807, 2.05) is 6.07 Å². The second-order valence-corrected chi connectivity index (χ2v) is 14.5. The average molecular weight is 809 g/mol. The van der Waals surface area contributed by atoms with E-state index in [2.05, 4.69) is 41.2 Å². The van der Waals surface area contributed by atoms with Gasteiger partial charge in [-0.15, -0.1) is 6.58 Å². The Bertz CT molecular complexity index is 1220. The van der Waals surface area contributed by atoms with Crippen LogP contribution >= 0.6 is 0 Å². The minimum atomic E-state index is -1.08. The quantitative estimate of drug-likeness (QED) is 0.0435. The minimum Gasteiger partial charge on any atom is -0.454 e. The van der Waals surface area contributed by atoms with Crippen LogP contribution in [0.4, 0.5) is 0 Å². The molecule has 57 heavy (non-hydrogen) atoms. The summed E-state index contributed by atoms with van der Waals surface area (Å²) in [6, 6.07) is 8.76. The molecule has 1 aromatic carbocycles. The summed E-state index contributed by atoms with van der Waals surface area (Å²) in [5.74, 6) is -1.05. The molecule has 0 aromatic heterocycles. The lowest BCUT2D eigenvalue weighted by atomic mass is 9.97. The maximum absolute atomic E-state index is 13.5. The van der Waals surface area contributed by atoms with Crippen LogP contribution in [0.1, 0.15) is 116 Å². The summed E-state index contributed by atoms with van der Waals surface area (Å²) >= 11 is 0. The maximum Gasteiger partial charge on any atom is 0.338 e. The van der Waals surface area contributed by atoms with Crippen molar-refractivity contribution in [3.05, 3.63) is 48.6 Å². The molecule has 0 amide bonds. The van der Waals surface area contributed by atoms with Crippen molar-refractivity contribution in [3.8, 4) is 0 Å². The first-order valence-electron chi connectivity index (χ1n) is 21.5. The van der Waals surface area contributed by atoms with E-state index in [1.54, 1.807) is 30.3 Å². The standard InChI is InChI=1S/C44H72O13/c1-8-14-25-47-30-34-36(48-26-15-9-2)38(50-28-17-11-4)40(54-32(7)45)44(55-34)53-31-35-37(49-27-16-10-3)39(51-29-18-12-5)41(43(56-35)52-24-13-6)57-42(46)33-22-20-19-21-23-33/h13,19-23,34-41,43-44H,6,8-12,14-18,24-31H2,1-5,7H3. The first-order valence-corrected chi connectivity index (χ1v) is 21.5. The average Bonchev–Trinajstić information content (AvgIpc) is 3.21. The van der Waals surface area contributed by atoms with Gasteiger partial charge in [-0.25, -0.2) is 4.79 Å². The molecule has 10 unspecified atom stereocenters. The Hall–Kier alpha value is -2.46. The predicted molar refractivity (Wildman–Crippen MR) is 215 cm³/mol. The lowest BCUT2D eigenvalue weighted by Gasteiger charge is -2.47. The number of carbonyl (C=O) groups is 2. The third-order valence-corrected chi connectivity index (χ3v) is 9.70. The molecule has 10 atom stereocenters. The smallest absolute Gasteiger partial charge is 0.338 e. The number of rotatable bonds is 30. The molecule has 2 aliphatic heterocycles. The topological polar surface area (TPSA) is 136 Å². The molecule has 0 aliphatic carbocycles. The van der Waals surface area contributed by atoms with E-state index < -0.39 is 73.4 Å². The minimum absolute atomic E-state index is 0.0768. The summed E-state index contributed by atoms with van der Waals surface area (Å²) in [6.07, 6.45) is 2.11. The van der Waals surface area contributed by atoms with Crippen LogP contribution in [0.25, 0.3) is 0 Å². The molecule has 13 nitrogen and oxygen atoms in total. The largest absolute Gasteiger partial charge is 0.454 e. The summed E-state index contributed by atoms with van der Waals surface area (Å²) in [6.45, 7) is 18.2. The Morgan fingerprint density at radius 2 is 1.04 bits per heavy atom. The van der Waals surface area contributed by atoms with Crippen molar-refractivity contribution in [2.45, 2.75) is 167 Å². The summed E-state index contributed by atoms with van der Waals surface area (Å²) in [5.41, 5.74) is 0.382. The molecule has 13 heteroatoms. The number of hydrogen-bond acceptors (Lipinski definition) is 13. The van der Waals surface area contributed by atoms with Crippen LogP contribution < -0.4 is 0 Å². The van der Waals surface area contributed by atoms with Gasteiger partial charge < -0.3 is 52.1 Å². The summed E-state index contributed by atoms with van der Waals surface area (Å²) in [7, 11) is 0. The summed E-state index contributed by atoms with van der Waals surface area (Å²) in [4.78, 5) is 26.2. The van der Waals surface area contributed by atoms with Crippen LogP contribution in [0.3, 0.4) is 0 Å². The van der Waals surface area contributed by atoms with Gasteiger partial charge in [0.1, 0.15) is 36.6 Å². The highest BCUT2D eigenvalue weighted by Gasteiger charge is 2.53. The fourth-order valence-corrected chi connectivity index (χ4v) is 6.54. The molecule has 2 heterocycles. The SMILES string of the molecule is C=CCOC1OC(COC2OC(COCCCC)C(OCCCC)C(OCCCC)C2OC(C)=O)C(OCCCC)C(OCCCC)C1OC(=O)c1ccccc1. The molecule has 1 aromatic rings. The van der Waals surface area contributed by atoms with Gasteiger partial charge >= 0.3 is 11.9 Å². The molecular weight excluding hydrogens is 736 g/mol. The van der Waals surface area contributed by atoms with Gasteiger partial charge in [-0.3, -0.25) is 4.79 Å². The molecule has 0 N–H and O–H groups in total. The van der Waals surface area contributed by atoms with E-state index in [0.29, 0.717) is 38.6 Å². The van der Waals surface area contributed by atoms with Gasteiger partial charge in [-0.1, -0.05) is 91.0 Å². The van der Waals surface area contributed by atoms with Crippen LogP contribution in [0, 0.1) is 0 Å². The van der Waals surface area contributed by atoms with Gasteiger partial charge in [0.05, 0.1) is 25.4 Å². The van der Waals surface area contributed by atoms with Crippen LogP contribution in [0.5, 0.6) is 0 Å². The first-order chi connectivity index (χ1) is 27.8. The predicted octanol–water partition coefficient (Wildman–Crippen LogP) is 7.37. The monoisotopic (exact) mass is 808 g/mol. The zero-order valence-corrected chi connectivity index (χ0v) is 35.5. The van der Waals surface area contributed by atoms with E-state index in [0.717, 1.165) is 64.2 Å². The van der Waals surface area contributed by atoms with Crippen LogP contribution in [-0.2, 0) is 56.9 Å². The maximum atomic E-state index is 13.5. The van der Waals surface area contributed by atoms with Crippen molar-refractivity contribution in [2.24, 2.45) is 0 Å². The van der Waals surface area contributed by atoms with Crippen LogP contribution in [0.15, 0.2) is 43.0 Å². The number of carbonyl (C=O) groups excluding carboxylic acids is 2. The molecule has 326 valence electrons. The van der Waals surface area contributed by atoms with E-state index in [9.17, 15) is 9.59 Å². The molecule has 0 radical (unpaired) electrons. The van der Waals surface area contributed by atoms with Crippen LogP contribution in [0.2, 0.25) is 0 Å². The molecule has 2 fully saturated rings. The summed E-state index contributed by atoms with van der Waals surface area (Å²) in [5, 5.41) is 0. The van der Waals surface area contributed by atoms with Crippen molar-refractivity contribution in [1.82, 2.24) is 0 Å². The Labute approximate surface area is 341 Å². The zero-order valence-electron chi connectivity index (χ0n) is 35.5. The van der Waals surface area contributed by atoms with Crippen molar-refractivity contribution >= 4 is 11.9 Å². The normalized spacial score (nSPS) is 27.5. The van der Waals surface area contributed by atoms with Gasteiger partial charge in [-0.05, 0) is 44.2 Å². The van der Waals surface area contributed by atoms with Crippen LogP contribution in [-0.4, -0.2) is 126 Å². The van der Waals surface area contributed by atoms with Crippen molar-refractivity contribution in [1.29, 1.82) is 0 Å². The van der Waals surface area contributed by atoms with Gasteiger partial charge in [0.2, 0.25) is 0 Å². The van der Waals surface area contributed by atoms with E-state index in [4.69, 9.17) is 52.1 Å². The van der Waals surface area contributed by atoms with Gasteiger partial charge in [0.15, 0.2) is 24.8 Å². The molecule has 3 rings (SSSR count). The van der Waals surface area contributed by atoms with E-state index >= 15 is 0 Å². The number of hydrogen-bond donors (Lipinski definition) is 0. The van der Waals surface area contributed by atoms with E-state index in [1.165, 1.54) is 6.92 Å². The zero-order chi connectivity index (χ0) is 41.3. The van der Waals surface area contributed by atoms with Crippen molar-refractivity contribution in [3.63, 3.8) is 0 Å². The highest BCUT2D eigenvalue weighted by molar-refractivity contribution is 5.89. The number of benzene rings is 1. The summed E-state index contributed by atoms with van der Waals surface area (Å²) < 4.78 is 70.2. The second-order valence-electron chi connectivity index (χ2n) is 14.5. The Morgan fingerprint density at radius 1 is 0.579 bits per heavy atom. The molecular formula is C44H72O13. The van der Waals surface area contributed by atoms with Crippen molar-refractivity contribution < 1.29 is 61.7 Å². The van der Waals surface area contributed by atoms with Crippen molar-refractivity contribution in [2.75, 3.05) is 52.9 Å². The fraction of sp³-hybridized carbons (Fsp3) is 0.773. The van der Waals surface area contributed by atoms with Gasteiger partial charge in [0, 0.05) is 40.0 Å². The van der Waals surface area contributed by atoms with Gasteiger partial charge in [-0.2, -0.15) is 0 Å².